The van der Waals surface area contributed by atoms with Crippen molar-refractivity contribution in [1.29, 1.82) is 5.26 Å². The molecule has 4 atom stereocenters. The molecule has 0 bridgehead atoms. The number of benzene rings is 1. The summed E-state index contributed by atoms with van der Waals surface area (Å²) in [5, 5.41) is 41.5. The summed E-state index contributed by atoms with van der Waals surface area (Å²) in [6.07, 6.45) is -3.55. The molecule has 0 unspecified atom stereocenters. The van der Waals surface area contributed by atoms with Gasteiger partial charge in [-0.25, -0.2) is 0 Å². The van der Waals surface area contributed by atoms with Crippen LogP contribution >= 0.6 is 0 Å². The van der Waals surface area contributed by atoms with Gasteiger partial charge in [0.05, 0.1) is 19.3 Å². The molecule has 1 amide bonds. The molecule has 2 heterocycles. The molecule has 9 heteroatoms. The van der Waals surface area contributed by atoms with E-state index in [4.69, 9.17) is 9.84 Å². The van der Waals surface area contributed by atoms with Crippen LogP contribution in [0.5, 0.6) is 0 Å². The quantitative estimate of drug-likeness (QED) is 0.358. The van der Waals surface area contributed by atoms with Crippen LogP contribution in [0, 0.1) is 11.3 Å². The third-order valence-corrected chi connectivity index (χ3v) is 6.01. The van der Waals surface area contributed by atoms with Gasteiger partial charge >= 0.3 is 0 Å². The average molecular weight is 431 g/mol. The molecule has 0 spiro atoms. The van der Waals surface area contributed by atoms with Gasteiger partial charge in [0.2, 0.25) is 0 Å². The number of carbonyl (C=O) groups is 1. The number of hydrogen-bond acceptors (Lipinski definition) is 8. The zero-order chi connectivity index (χ0) is 22.5. The Morgan fingerprint density at radius 1 is 1.19 bits per heavy atom. The Morgan fingerprint density at radius 2 is 1.84 bits per heavy atom. The van der Waals surface area contributed by atoms with Crippen molar-refractivity contribution in [2.24, 2.45) is 0 Å². The summed E-state index contributed by atoms with van der Waals surface area (Å²) in [6, 6.07) is 8.81. The van der Waals surface area contributed by atoms with Crippen LogP contribution in [0.3, 0.4) is 0 Å². The summed E-state index contributed by atoms with van der Waals surface area (Å²) in [7, 11) is 2.10. The number of rotatable bonds is 5. The molecule has 2 saturated heterocycles. The van der Waals surface area contributed by atoms with E-state index in [-0.39, 0.29) is 12.2 Å². The highest BCUT2D eigenvalue weighted by Crippen LogP contribution is 2.24. The van der Waals surface area contributed by atoms with Gasteiger partial charge in [-0.2, -0.15) is 5.26 Å². The largest absolute Gasteiger partial charge is 0.394 e. The topological polar surface area (TPSA) is 129 Å². The van der Waals surface area contributed by atoms with Gasteiger partial charge in [-0.15, -0.1) is 0 Å². The number of nitriles is 1. The lowest BCUT2D eigenvalue weighted by Crippen LogP contribution is -2.60. The molecular formula is C22H30N4O5. The summed E-state index contributed by atoms with van der Waals surface area (Å²) < 4.78 is 5.28. The van der Waals surface area contributed by atoms with Crippen LogP contribution in [0.2, 0.25) is 0 Å². The average Bonchev–Trinajstić information content (AvgIpc) is 2.78. The Balaban J connectivity index is 1.70. The van der Waals surface area contributed by atoms with E-state index >= 15 is 0 Å². The molecule has 2 aliphatic rings. The van der Waals surface area contributed by atoms with Gasteiger partial charge in [0.1, 0.15) is 30.0 Å². The minimum Gasteiger partial charge on any atom is -0.394 e. The lowest BCUT2D eigenvalue weighted by atomic mass is 9.97. The Hall–Kier alpha value is -2.48. The molecule has 0 saturated carbocycles. The molecule has 168 valence electrons. The molecule has 1 aromatic carbocycles. The summed E-state index contributed by atoms with van der Waals surface area (Å²) >= 11 is 0. The van der Waals surface area contributed by atoms with Crippen molar-refractivity contribution in [3.05, 3.63) is 35.4 Å². The standard InChI is InChI=1S/C22H30N4O5/c1-14(15-3-5-16(6-4-15)26-9-7-25(2)8-10-26)17(11-23)22(30)24-18-13-31-19(12-27)21(29)20(18)28/h3-6,18-21,27-29H,7-10,12-13H2,1-2H3,(H,24,30)/b17-14+/t18-,19+,20+,21+/m0/s1. The number of carbonyl (C=O) groups excluding carboxylic acids is 1. The van der Waals surface area contributed by atoms with Gasteiger partial charge in [0.15, 0.2) is 0 Å². The number of piperazine rings is 1. The number of nitrogens with one attached hydrogen (secondary N) is 1. The summed E-state index contributed by atoms with van der Waals surface area (Å²) in [5.74, 6) is -0.648. The van der Waals surface area contributed by atoms with Crippen LogP contribution in [0.4, 0.5) is 5.69 Å². The number of nitrogens with zero attached hydrogens (tertiary/aromatic N) is 3. The molecule has 9 nitrogen and oxygen atoms in total. The van der Waals surface area contributed by atoms with Crippen molar-refractivity contribution in [2.45, 2.75) is 31.3 Å². The Bertz CT molecular complexity index is 842. The maximum absolute atomic E-state index is 12.7. The summed E-state index contributed by atoms with van der Waals surface area (Å²) in [6.45, 7) is 5.09. The van der Waals surface area contributed by atoms with Crippen LogP contribution in [0.15, 0.2) is 29.8 Å². The maximum Gasteiger partial charge on any atom is 0.262 e. The second-order valence-electron chi connectivity index (χ2n) is 8.06. The van der Waals surface area contributed by atoms with Crippen molar-refractivity contribution in [1.82, 2.24) is 10.2 Å². The second-order valence-corrected chi connectivity index (χ2v) is 8.06. The van der Waals surface area contributed by atoms with E-state index in [0.717, 1.165) is 37.4 Å². The maximum atomic E-state index is 12.7. The first kappa shape index (κ1) is 23.2. The normalized spacial score (nSPS) is 27.9. The van der Waals surface area contributed by atoms with Crippen LogP contribution in [-0.4, -0.2) is 96.9 Å². The Morgan fingerprint density at radius 3 is 2.42 bits per heavy atom. The SMILES string of the molecule is C/C(=C(/C#N)C(=O)N[C@H]1CO[C@H](CO)[C@@H](O)[C@@H]1O)c1ccc(N2CCN(C)CC2)cc1. The van der Waals surface area contributed by atoms with E-state index in [9.17, 15) is 20.3 Å². The minimum absolute atomic E-state index is 0.0710. The molecule has 0 aliphatic carbocycles. The monoisotopic (exact) mass is 430 g/mol. The van der Waals surface area contributed by atoms with Gasteiger partial charge in [0.25, 0.3) is 5.91 Å². The second kappa shape index (κ2) is 10.2. The first-order valence-corrected chi connectivity index (χ1v) is 10.4. The highest BCUT2D eigenvalue weighted by atomic mass is 16.5. The molecule has 31 heavy (non-hydrogen) atoms. The summed E-state index contributed by atoms with van der Waals surface area (Å²) in [4.78, 5) is 17.3. The third kappa shape index (κ3) is 5.23. The van der Waals surface area contributed by atoms with Gasteiger partial charge in [-0.3, -0.25) is 4.79 Å². The number of aliphatic hydroxyl groups excluding tert-OH is 3. The van der Waals surface area contributed by atoms with Crippen LogP contribution in [0.1, 0.15) is 12.5 Å². The predicted octanol–water partition coefficient (Wildman–Crippen LogP) is -0.667. The van der Waals surface area contributed by atoms with Crippen LogP contribution < -0.4 is 10.2 Å². The van der Waals surface area contributed by atoms with E-state index in [1.54, 1.807) is 6.92 Å². The molecule has 4 N–H and O–H groups in total. The van der Waals surface area contributed by atoms with Crippen molar-refractivity contribution < 1.29 is 24.9 Å². The molecule has 1 aromatic rings. The number of likely N-dealkylation sites (N-methyl/N-ethyl adjacent to an activating group) is 1. The van der Waals surface area contributed by atoms with Crippen molar-refractivity contribution in [2.75, 3.05) is 51.3 Å². The van der Waals surface area contributed by atoms with E-state index in [1.807, 2.05) is 30.3 Å². The highest BCUT2D eigenvalue weighted by Gasteiger charge is 2.39. The number of aliphatic hydroxyl groups is 3. The smallest absolute Gasteiger partial charge is 0.262 e. The number of allylic oxidation sites excluding steroid dienone is 1. The molecule has 0 radical (unpaired) electrons. The summed E-state index contributed by atoms with van der Waals surface area (Å²) in [5.41, 5.74) is 2.30. The fourth-order valence-electron chi connectivity index (χ4n) is 3.85. The van der Waals surface area contributed by atoms with Crippen molar-refractivity contribution in [3.63, 3.8) is 0 Å². The highest BCUT2D eigenvalue weighted by molar-refractivity contribution is 6.04. The Kier molecular flexibility index (Phi) is 7.64. The van der Waals surface area contributed by atoms with Gasteiger partial charge < -0.3 is 35.2 Å². The van der Waals surface area contributed by atoms with Crippen LogP contribution in [0.25, 0.3) is 5.57 Å². The number of anilines is 1. The van der Waals surface area contributed by atoms with Gasteiger partial charge in [-0.1, -0.05) is 12.1 Å². The molecule has 0 aromatic heterocycles. The zero-order valence-corrected chi connectivity index (χ0v) is 17.9. The van der Waals surface area contributed by atoms with Crippen molar-refractivity contribution >= 4 is 17.2 Å². The number of hydrogen-bond donors (Lipinski definition) is 4. The molecule has 2 fully saturated rings. The van der Waals surface area contributed by atoms with Crippen LogP contribution in [-0.2, 0) is 9.53 Å². The minimum atomic E-state index is -1.33. The van der Waals surface area contributed by atoms with E-state index in [0.29, 0.717) is 5.57 Å². The zero-order valence-electron chi connectivity index (χ0n) is 17.9. The predicted molar refractivity (Wildman–Crippen MR) is 115 cm³/mol. The van der Waals surface area contributed by atoms with Crippen molar-refractivity contribution in [3.8, 4) is 6.07 Å². The molecule has 3 rings (SSSR count). The fraction of sp³-hybridized carbons (Fsp3) is 0.545. The number of amides is 1. The lowest BCUT2D eigenvalue weighted by Gasteiger charge is -2.37. The van der Waals surface area contributed by atoms with Gasteiger partial charge in [-0.05, 0) is 37.2 Å². The third-order valence-electron chi connectivity index (χ3n) is 6.01. The van der Waals surface area contributed by atoms with E-state index in [2.05, 4.69) is 22.2 Å². The number of ether oxygens (including phenoxy) is 1. The first-order chi connectivity index (χ1) is 14.8. The molecule has 2 aliphatic heterocycles. The van der Waals surface area contributed by atoms with E-state index in [1.165, 1.54) is 0 Å². The lowest BCUT2D eigenvalue weighted by molar-refractivity contribution is -0.163. The first-order valence-electron chi connectivity index (χ1n) is 10.4. The Labute approximate surface area is 182 Å². The molecular weight excluding hydrogens is 400 g/mol. The fourth-order valence-corrected chi connectivity index (χ4v) is 3.85. The van der Waals surface area contributed by atoms with Gasteiger partial charge in [0, 0.05) is 31.9 Å². The van der Waals surface area contributed by atoms with E-state index < -0.39 is 36.9 Å².